The minimum Gasteiger partial charge on any atom is -0.479 e. The number of ether oxygens (including phenoxy) is 1. The molecule has 0 amide bonds. The molecule has 0 aliphatic rings. The molecule has 0 fully saturated rings. The van der Waals surface area contributed by atoms with Gasteiger partial charge in [-0.3, -0.25) is 0 Å². The smallest absolute Gasteiger partial charge is 0.332 e. The van der Waals surface area contributed by atoms with Gasteiger partial charge in [-0.25, -0.2) is 4.79 Å². The van der Waals surface area contributed by atoms with Gasteiger partial charge in [0.1, 0.15) is 6.10 Å². The second kappa shape index (κ2) is 3.81. The molecule has 0 saturated carbocycles. The highest BCUT2D eigenvalue weighted by molar-refractivity contribution is 5.71. The molecule has 0 spiro atoms. The number of hydrogen-bond acceptors (Lipinski definition) is 5. The number of aliphatic hydroxyl groups is 3. The summed E-state index contributed by atoms with van der Waals surface area (Å²) in [5.41, 5.74) is 0. The van der Waals surface area contributed by atoms with E-state index >= 15 is 0 Å². The minimum atomic E-state index is -2.82. The SMILES string of the molecule is CC(OC(O)(O)C(C)O)C(=O)O. The van der Waals surface area contributed by atoms with Crippen LogP contribution in [0, 0.1) is 0 Å². The highest BCUT2D eigenvalue weighted by Gasteiger charge is 2.34. The van der Waals surface area contributed by atoms with E-state index in [1.807, 2.05) is 0 Å². The van der Waals surface area contributed by atoms with Gasteiger partial charge in [-0.1, -0.05) is 0 Å². The van der Waals surface area contributed by atoms with Gasteiger partial charge in [0, 0.05) is 0 Å². The van der Waals surface area contributed by atoms with Crippen LogP contribution in [0.4, 0.5) is 0 Å². The number of carboxylic acid groups (broad SMARTS) is 1. The van der Waals surface area contributed by atoms with Crippen molar-refractivity contribution in [1.29, 1.82) is 0 Å². The monoisotopic (exact) mass is 180 g/mol. The Labute approximate surface area is 69.0 Å². The summed E-state index contributed by atoms with van der Waals surface area (Å²) in [4.78, 5) is 10.2. The van der Waals surface area contributed by atoms with Gasteiger partial charge in [0.05, 0.1) is 0 Å². The second-order valence-electron chi connectivity index (χ2n) is 2.43. The van der Waals surface area contributed by atoms with Gasteiger partial charge >= 0.3 is 11.9 Å². The van der Waals surface area contributed by atoms with Crippen molar-refractivity contribution in [3.8, 4) is 0 Å². The van der Waals surface area contributed by atoms with Crippen LogP contribution in [0.1, 0.15) is 13.8 Å². The van der Waals surface area contributed by atoms with E-state index in [1.54, 1.807) is 0 Å². The zero-order valence-corrected chi connectivity index (χ0v) is 6.76. The molecule has 2 atom stereocenters. The first-order valence-electron chi connectivity index (χ1n) is 3.31. The van der Waals surface area contributed by atoms with Gasteiger partial charge in [0.15, 0.2) is 6.10 Å². The van der Waals surface area contributed by atoms with Crippen molar-refractivity contribution in [3.05, 3.63) is 0 Å². The summed E-state index contributed by atoms with van der Waals surface area (Å²) in [6.07, 6.45) is -2.98. The van der Waals surface area contributed by atoms with Crippen molar-refractivity contribution < 1.29 is 30.0 Å². The lowest BCUT2D eigenvalue weighted by molar-refractivity contribution is -0.382. The third-order valence-electron chi connectivity index (χ3n) is 1.24. The summed E-state index contributed by atoms with van der Waals surface area (Å²) >= 11 is 0. The van der Waals surface area contributed by atoms with Crippen molar-refractivity contribution in [1.82, 2.24) is 0 Å². The lowest BCUT2D eigenvalue weighted by atomic mass is 10.3. The fraction of sp³-hybridized carbons (Fsp3) is 0.833. The molecular formula is C6H12O6. The molecular weight excluding hydrogens is 168 g/mol. The number of carbonyl (C=O) groups is 1. The molecule has 0 aromatic heterocycles. The molecule has 0 aromatic rings. The van der Waals surface area contributed by atoms with Gasteiger partial charge in [-0.2, -0.15) is 0 Å². The van der Waals surface area contributed by atoms with Crippen molar-refractivity contribution in [2.45, 2.75) is 32.0 Å². The van der Waals surface area contributed by atoms with Crippen LogP contribution in [-0.4, -0.2) is 44.6 Å². The molecule has 72 valence electrons. The molecule has 0 aliphatic heterocycles. The molecule has 4 N–H and O–H groups in total. The summed E-state index contributed by atoms with van der Waals surface area (Å²) in [7, 11) is 0. The highest BCUT2D eigenvalue weighted by Crippen LogP contribution is 2.11. The fourth-order valence-electron chi connectivity index (χ4n) is 0.409. The lowest BCUT2D eigenvalue weighted by Gasteiger charge is -2.26. The Hall–Kier alpha value is -0.690. The lowest BCUT2D eigenvalue weighted by Crippen LogP contribution is -2.46. The predicted octanol–water partition coefficient (Wildman–Crippen LogP) is -1.50. The summed E-state index contributed by atoms with van der Waals surface area (Å²) in [6, 6.07) is 0. The maximum Gasteiger partial charge on any atom is 0.332 e. The van der Waals surface area contributed by atoms with Crippen LogP contribution in [0.5, 0.6) is 0 Å². The zero-order chi connectivity index (χ0) is 9.94. The van der Waals surface area contributed by atoms with Crippen LogP contribution < -0.4 is 0 Å². The summed E-state index contributed by atoms with van der Waals surface area (Å²) in [5, 5.41) is 34.7. The van der Waals surface area contributed by atoms with Crippen LogP contribution in [0.25, 0.3) is 0 Å². The topological polar surface area (TPSA) is 107 Å². The van der Waals surface area contributed by atoms with E-state index in [9.17, 15) is 4.79 Å². The van der Waals surface area contributed by atoms with Crippen molar-refractivity contribution >= 4 is 5.97 Å². The Kier molecular flexibility index (Phi) is 3.59. The van der Waals surface area contributed by atoms with Gasteiger partial charge in [0.2, 0.25) is 0 Å². The number of aliphatic carboxylic acids is 1. The molecule has 0 radical (unpaired) electrons. The first-order valence-corrected chi connectivity index (χ1v) is 3.31. The molecule has 0 saturated heterocycles. The maximum absolute atomic E-state index is 10.2. The van der Waals surface area contributed by atoms with Crippen LogP contribution in [0.15, 0.2) is 0 Å². The summed E-state index contributed by atoms with van der Waals surface area (Å²) in [6.45, 7) is 2.18. The van der Waals surface area contributed by atoms with E-state index in [1.165, 1.54) is 0 Å². The van der Waals surface area contributed by atoms with E-state index in [-0.39, 0.29) is 0 Å². The predicted molar refractivity (Wildman–Crippen MR) is 37.0 cm³/mol. The van der Waals surface area contributed by atoms with Gasteiger partial charge in [0.25, 0.3) is 0 Å². The molecule has 0 aliphatic carbocycles. The third kappa shape index (κ3) is 3.14. The van der Waals surface area contributed by atoms with Gasteiger partial charge < -0.3 is 25.2 Å². The molecule has 2 unspecified atom stereocenters. The van der Waals surface area contributed by atoms with E-state index in [2.05, 4.69) is 4.74 Å². The van der Waals surface area contributed by atoms with Crippen molar-refractivity contribution in [2.24, 2.45) is 0 Å². The Balaban J connectivity index is 4.15. The molecule has 6 nitrogen and oxygen atoms in total. The quantitative estimate of drug-likeness (QED) is 0.392. The molecule has 6 heteroatoms. The van der Waals surface area contributed by atoms with Crippen LogP contribution in [0.2, 0.25) is 0 Å². The molecule has 12 heavy (non-hydrogen) atoms. The Morgan fingerprint density at radius 2 is 1.83 bits per heavy atom. The first kappa shape index (κ1) is 11.3. The average molecular weight is 180 g/mol. The van der Waals surface area contributed by atoms with E-state index in [4.69, 9.17) is 20.4 Å². The van der Waals surface area contributed by atoms with Gasteiger partial charge in [-0.15, -0.1) is 0 Å². The second-order valence-corrected chi connectivity index (χ2v) is 2.43. The largest absolute Gasteiger partial charge is 0.479 e. The Bertz CT molecular complexity index is 163. The van der Waals surface area contributed by atoms with Crippen LogP contribution in [0.3, 0.4) is 0 Å². The van der Waals surface area contributed by atoms with E-state index in [0.717, 1.165) is 13.8 Å². The minimum absolute atomic E-state index is 1.06. The first-order chi connectivity index (χ1) is 5.27. The van der Waals surface area contributed by atoms with Crippen molar-refractivity contribution in [3.63, 3.8) is 0 Å². The Morgan fingerprint density at radius 3 is 2.08 bits per heavy atom. The molecule has 0 bridgehead atoms. The maximum atomic E-state index is 10.2. The summed E-state index contributed by atoms with van der Waals surface area (Å²) in [5.74, 6) is -4.17. The number of aliphatic hydroxyl groups excluding tert-OH is 1. The normalized spacial score (nSPS) is 17.1. The van der Waals surface area contributed by atoms with Gasteiger partial charge in [-0.05, 0) is 13.8 Å². The number of rotatable bonds is 4. The Morgan fingerprint density at radius 1 is 1.42 bits per heavy atom. The summed E-state index contributed by atoms with van der Waals surface area (Å²) < 4.78 is 4.22. The standard InChI is InChI=1S/C6H12O6/c1-3(5(8)9)12-6(10,11)4(2)7/h3-4,7,10-11H,1-2H3,(H,8,9). The van der Waals surface area contributed by atoms with E-state index in [0.29, 0.717) is 0 Å². The average Bonchev–Trinajstić information content (AvgIpc) is 1.85. The third-order valence-corrected chi connectivity index (χ3v) is 1.24. The number of carboxylic acids is 1. The van der Waals surface area contributed by atoms with E-state index < -0.39 is 24.2 Å². The number of hydrogen-bond donors (Lipinski definition) is 4. The molecule has 0 aromatic carbocycles. The van der Waals surface area contributed by atoms with Crippen LogP contribution in [-0.2, 0) is 9.53 Å². The van der Waals surface area contributed by atoms with Crippen LogP contribution >= 0.6 is 0 Å². The van der Waals surface area contributed by atoms with Crippen molar-refractivity contribution in [2.75, 3.05) is 0 Å². The zero-order valence-electron chi connectivity index (χ0n) is 6.76. The fourth-order valence-corrected chi connectivity index (χ4v) is 0.409. The molecule has 0 heterocycles. The highest BCUT2D eigenvalue weighted by atomic mass is 16.8. The molecule has 0 rings (SSSR count).